The summed E-state index contributed by atoms with van der Waals surface area (Å²) in [7, 11) is 0. The summed E-state index contributed by atoms with van der Waals surface area (Å²) in [5.41, 5.74) is 11.0. The second-order valence-corrected chi connectivity index (χ2v) is 8.85. The highest BCUT2D eigenvalue weighted by Gasteiger charge is 2.30. The first-order valence-electron chi connectivity index (χ1n) is 11.0. The average molecular weight is 444 g/mol. The van der Waals surface area contributed by atoms with Crippen molar-refractivity contribution in [1.82, 2.24) is 16.0 Å². The molecule has 10 heteroatoms. The maximum absolute atomic E-state index is 12.9. The second kappa shape index (κ2) is 14.7. The SMILES string of the molecule is CC(C)C[C@H](NC(=O)[C@H](C)N)C(=O)N[C@@H](CC(C)C)C(=O)N[C@@H](CCCCN)C(=O)O. The van der Waals surface area contributed by atoms with Crippen molar-refractivity contribution in [3.8, 4) is 0 Å². The number of rotatable bonds is 15. The van der Waals surface area contributed by atoms with Crippen LogP contribution in [0.4, 0.5) is 0 Å². The summed E-state index contributed by atoms with van der Waals surface area (Å²) in [5, 5.41) is 17.3. The maximum Gasteiger partial charge on any atom is 0.326 e. The molecule has 0 aromatic rings. The van der Waals surface area contributed by atoms with Gasteiger partial charge in [0, 0.05) is 0 Å². The summed E-state index contributed by atoms with van der Waals surface area (Å²) < 4.78 is 0. The van der Waals surface area contributed by atoms with E-state index in [1.165, 1.54) is 6.92 Å². The normalized spacial score (nSPS) is 15.1. The Morgan fingerprint density at radius 3 is 1.52 bits per heavy atom. The summed E-state index contributed by atoms with van der Waals surface area (Å²) in [4.78, 5) is 49.2. The zero-order valence-corrected chi connectivity index (χ0v) is 19.4. The smallest absolute Gasteiger partial charge is 0.326 e. The fourth-order valence-electron chi connectivity index (χ4n) is 3.00. The minimum absolute atomic E-state index is 0.0683. The average Bonchev–Trinajstić information content (AvgIpc) is 2.64. The molecule has 0 heterocycles. The molecule has 3 amide bonds. The van der Waals surface area contributed by atoms with Crippen molar-refractivity contribution in [3.05, 3.63) is 0 Å². The van der Waals surface area contributed by atoms with Crippen LogP contribution in [-0.2, 0) is 19.2 Å². The Bertz CT molecular complexity index is 595. The number of nitrogens with two attached hydrogens (primary N) is 2. The molecule has 0 bridgehead atoms. The number of carbonyl (C=O) groups excluding carboxylic acids is 3. The molecule has 31 heavy (non-hydrogen) atoms. The van der Waals surface area contributed by atoms with Crippen LogP contribution in [-0.4, -0.2) is 59.5 Å². The molecule has 0 unspecified atom stereocenters. The molecule has 10 nitrogen and oxygen atoms in total. The van der Waals surface area contributed by atoms with Crippen LogP contribution in [0.15, 0.2) is 0 Å². The summed E-state index contributed by atoms with van der Waals surface area (Å²) in [5.74, 6) is -2.49. The Labute approximate surface area is 185 Å². The summed E-state index contributed by atoms with van der Waals surface area (Å²) in [6.07, 6.45) is 2.16. The number of nitrogens with one attached hydrogen (secondary N) is 3. The first kappa shape index (κ1) is 28.8. The number of carboxylic acid groups (broad SMARTS) is 1. The highest BCUT2D eigenvalue weighted by molar-refractivity contribution is 5.94. The lowest BCUT2D eigenvalue weighted by molar-refractivity contribution is -0.142. The third-order valence-corrected chi connectivity index (χ3v) is 4.66. The van der Waals surface area contributed by atoms with Crippen molar-refractivity contribution < 1.29 is 24.3 Å². The molecule has 0 aliphatic carbocycles. The van der Waals surface area contributed by atoms with Crippen LogP contribution >= 0.6 is 0 Å². The molecule has 0 fully saturated rings. The van der Waals surface area contributed by atoms with Gasteiger partial charge in [-0.3, -0.25) is 14.4 Å². The molecule has 0 aliphatic rings. The van der Waals surface area contributed by atoms with Gasteiger partial charge in [-0.25, -0.2) is 4.79 Å². The fraction of sp³-hybridized carbons (Fsp3) is 0.810. The van der Waals surface area contributed by atoms with Crippen molar-refractivity contribution in [2.24, 2.45) is 23.3 Å². The number of aliphatic carboxylic acids is 1. The molecule has 0 aliphatic heterocycles. The van der Waals surface area contributed by atoms with E-state index in [2.05, 4.69) is 16.0 Å². The molecule has 0 radical (unpaired) electrons. The van der Waals surface area contributed by atoms with Gasteiger partial charge in [0.25, 0.3) is 0 Å². The molecule has 0 saturated carbocycles. The zero-order valence-electron chi connectivity index (χ0n) is 19.4. The summed E-state index contributed by atoms with van der Waals surface area (Å²) in [6.45, 7) is 9.57. The van der Waals surface area contributed by atoms with Gasteiger partial charge in [0.05, 0.1) is 6.04 Å². The highest BCUT2D eigenvalue weighted by atomic mass is 16.4. The molecule has 0 rings (SSSR count). The predicted molar refractivity (Wildman–Crippen MR) is 119 cm³/mol. The van der Waals surface area contributed by atoms with E-state index in [9.17, 15) is 24.3 Å². The number of carbonyl (C=O) groups is 4. The van der Waals surface area contributed by atoms with Crippen LogP contribution in [0.3, 0.4) is 0 Å². The molecular weight excluding hydrogens is 402 g/mol. The minimum atomic E-state index is -1.14. The van der Waals surface area contributed by atoms with Crippen LogP contribution in [0, 0.1) is 11.8 Å². The lowest BCUT2D eigenvalue weighted by Crippen LogP contribution is -2.57. The lowest BCUT2D eigenvalue weighted by Gasteiger charge is -2.26. The first-order chi connectivity index (χ1) is 14.4. The third-order valence-electron chi connectivity index (χ3n) is 4.66. The largest absolute Gasteiger partial charge is 0.480 e. The van der Waals surface area contributed by atoms with Crippen LogP contribution in [0.25, 0.3) is 0 Å². The Balaban J connectivity index is 5.36. The van der Waals surface area contributed by atoms with Gasteiger partial charge >= 0.3 is 5.97 Å². The van der Waals surface area contributed by atoms with E-state index in [-0.39, 0.29) is 18.3 Å². The molecule has 0 aromatic heterocycles. The monoisotopic (exact) mass is 443 g/mol. The predicted octanol–water partition coefficient (Wildman–Crippen LogP) is 0.0938. The minimum Gasteiger partial charge on any atom is -0.480 e. The van der Waals surface area contributed by atoms with Gasteiger partial charge in [0.2, 0.25) is 17.7 Å². The van der Waals surface area contributed by atoms with Gasteiger partial charge in [0.15, 0.2) is 0 Å². The number of carboxylic acids is 1. The van der Waals surface area contributed by atoms with E-state index >= 15 is 0 Å². The van der Waals surface area contributed by atoms with Crippen molar-refractivity contribution >= 4 is 23.7 Å². The number of amides is 3. The van der Waals surface area contributed by atoms with E-state index in [1.54, 1.807) is 0 Å². The van der Waals surface area contributed by atoms with Crippen LogP contribution in [0.5, 0.6) is 0 Å². The van der Waals surface area contributed by atoms with Gasteiger partial charge in [-0.2, -0.15) is 0 Å². The van der Waals surface area contributed by atoms with E-state index in [0.29, 0.717) is 32.2 Å². The Kier molecular flexibility index (Phi) is 13.7. The molecule has 180 valence electrons. The highest BCUT2D eigenvalue weighted by Crippen LogP contribution is 2.10. The van der Waals surface area contributed by atoms with E-state index < -0.39 is 47.9 Å². The number of hydrogen-bond donors (Lipinski definition) is 6. The number of unbranched alkanes of at least 4 members (excludes halogenated alkanes) is 1. The van der Waals surface area contributed by atoms with Gasteiger partial charge in [-0.15, -0.1) is 0 Å². The first-order valence-corrected chi connectivity index (χ1v) is 11.0. The topological polar surface area (TPSA) is 177 Å². The van der Waals surface area contributed by atoms with Gasteiger partial charge < -0.3 is 32.5 Å². The molecule has 0 aromatic carbocycles. The van der Waals surface area contributed by atoms with Gasteiger partial charge in [-0.05, 0) is 57.4 Å². The van der Waals surface area contributed by atoms with Gasteiger partial charge in [0.1, 0.15) is 18.1 Å². The quantitative estimate of drug-likeness (QED) is 0.194. The Hall–Kier alpha value is -2.20. The summed E-state index contributed by atoms with van der Waals surface area (Å²) >= 11 is 0. The van der Waals surface area contributed by atoms with Crippen molar-refractivity contribution in [1.29, 1.82) is 0 Å². The van der Waals surface area contributed by atoms with E-state index in [0.717, 1.165) is 0 Å². The van der Waals surface area contributed by atoms with Crippen molar-refractivity contribution in [2.75, 3.05) is 6.54 Å². The van der Waals surface area contributed by atoms with Crippen LogP contribution in [0.2, 0.25) is 0 Å². The van der Waals surface area contributed by atoms with E-state index in [4.69, 9.17) is 11.5 Å². The number of hydrogen-bond acceptors (Lipinski definition) is 6. The second-order valence-electron chi connectivity index (χ2n) is 8.85. The van der Waals surface area contributed by atoms with E-state index in [1.807, 2.05) is 27.7 Å². The van der Waals surface area contributed by atoms with Gasteiger partial charge in [-0.1, -0.05) is 27.7 Å². The molecule has 0 spiro atoms. The van der Waals surface area contributed by atoms with Crippen LogP contribution < -0.4 is 27.4 Å². The molecule has 4 atom stereocenters. The van der Waals surface area contributed by atoms with Crippen LogP contribution in [0.1, 0.15) is 66.7 Å². The maximum atomic E-state index is 12.9. The van der Waals surface area contributed by atoms with Crippen molar-refractivity contribution in [2.45, 2.75) is 90.9 Å². The zero-order chi connectivity index (χ0) is 24.1. The Morgan fingerprint density at radius 1 is 0.742 bits per heavy atom. The molecule has 8 N–H and O–H groups in total. The lowest BCUT2D eigenvalue weighted by atomic mass is 9.99. The summed E-state index contributed by atoms with van der Waals surface area (Å²) in [6, 6.07) is -3.61. The van der Waals surface area contributed by atoms with Crippen molar-refractivity contribution in [3.63, 3.8) is 0 Å². The molecule has 0 saturated heterocycles. The fourth-order valence-corrected chi connectivity index (χ4v) is 3.00. The standard InChI is InChI=1S/C21H41N5O5/c1-12(2)10-16(25-18(27)14(5)23)20(29)26-17(11-13(3)4)19(28)24-15(21(30)31)8-6-7-9-22/h12-17H,6-11,22-23H2,1-5H3,(H,24,28)(H,25,27)(H,26,29)(H,30,31)/t14-,15-,16-,17-/m0/s1. The Morgan fingerprint density at radius 2 is 1.16 bits per heavy atom. The third kappa shape index (κ3) is 12.3. The molecular formula is C21H41N5O5.